The van der Waals surface area contributed by atoms with Crippen molar-refractivity contribution in [2.24, 2.45) is 10.8 Å². The normalized spacial score (nSPS) is 10.6. The number of hydrogen-bond acceptors (Lipinski definition) is 4. The molecule has 0 rings (SSSR count). The second-order valence-corrected chi connectivity index (χ2v) is 0.915. The average molecular weight is 103 g/mol. The van der Waals surface area contributed by atoms with Gasteiger partial charge in [0.25, 0.3) is 0 Å². The smallest absolute Gasteiger partial charge is 0.133 e. The van der Waals surface area contributed by atoms with E-state index in [9.17, 15) is 0 Å². The van der Waals surface area contributed by atoms with E-state index in [2.05, 4.69) is 10.4 Å². The number of hydrogen-bond donors (Lipinski definition) is 3. The maximum atomic E-state index is 8.03. The largest absolute Gasteiger partial charge is 0.375 e. The van der Waals surface area contributed by atoms with E-state index >= 15 is 0 Å². The van der Waals surface area contributed by atoms with Crippen LogP contribution in [0.15, 0.2) is 4.99 Å². The summed E-state index contributed by atoms with van der Waals surface area (Å²) in [4.78, 5) is 3.45. The number of nitrogens with two attached hydrogens (primary N) is 1. The molecule has 4 heteroatoms. The quantitative estimate of drug-likeness (QED) is 0.230. The van der Waals surface area contributed by atoms with E-state index in [0.717, 1.165) is 0 Å². The molecule has 0 atom stereocenters. The van der Waals surface area contributed by atoms with E-state index in [-0.39, 0.29) is 6.73 Å². The topological polar surface area (TPSA) is 70.6 Å². The van der Waals surface area contributed by atoms with Gasteiger partial charge in [0, 0.05) is 12.8 Å². The zero-order valence-electron chi connectivity index (χ0n) is 3.96. The maximum absolute atomic E-state index is 8.03. The number of hydrazine groups is 1. The number of nitrogens with zero attached hydrogens (tertiary/aromatic N) is 1. The van der Waals surface area contributed by atoms with Gasteiger partial charge in [0.05, 0.1) is 0 Å². The molecule has 0 aromatic rings. The lowest BCUT2D eigenvalue weighted by Gasteiger charge is -1.84. The summed E-state index contributed by atoms with van der Waals surface area (Å²) in [7, 11) is 0. The minimum atomic E-state index is -0.165. The predicted octanol–water partition coefficient (Wildman–Crippen LogP) is -1.53. The molecule has 4 nitrogen and oxygen atoms in total. The van der Waals surface area contributed by atoms with Crippen molar-refractivity contribution in [1.82, 2.24) is 5.43 Å². The number of aliphatic hydroxyl groups is 1. The molecule has 0 bridgehead atoms. The molecule has 4 N–H and O–H groups in total. The number of nitrogens with one attached hydrogen (secondary N) is 1. The molecule has 0 amide bonds. The van der Waals surface area contributed by atoms with Crippen LogP contribution in [0.1, 0.15) is 0 Å². The Morgan fingerprint density at radius 3 is 3.00 bits per heavy atom. The first-order valence-electron chi connectivity index (χ1n) is 1.94. The van der Waals surface area contributed by atoms with Gasteiger partial charge in [0.15, 0.2) is 0 Å². The molecule has 0 saturated heterocycles. The van der Waals surface area contributed by atoms with Crippen LogP contribution in [-0.4, -0.2) is 24.6 Å². The summed E-state index contributed by atoms with van der Waals surface area (Å²) in [6.45, 7) is 0.336. The van der Waals surface area contributed by atoms with Gasteiger partial charge in [-0.1, -0.05) is 0 Å². The zero-order chi connectivity index (χ0) is 5.54. The molecule has 0 unspecified atom stereocenters. The summed E-state index contributed by atoms with van der Waals surface area (Å²) >= 11 is 0. The summed E-state index contributed by atoms with van der Waals surface area (Å²) in [6.07, 6.45) is 1.50. The van der Waals surface area contributed by atoms with Crippen LogP contribution in [0.4, 0.5) is 0 Å². The lowest BCUT2D eigenvalue weighted by atomic mass is 10.7. The van der Waals surface area contributed by atoms with Gasteiger partial charge in [0.2, 0.25) is 0 Å². The molecular weight excluding hydrogens is 94.1 g/mol. The third-order valence-corrected chi connectivity index (χ3v) is 0.420. The van der Waals surface area contributed by atoms with Gasteiger partial charge < -0.3 is 5.11 Å². The molecule has 42 valence electrons. The van der Waals surface area contributed by atoms with Crippen molar-refractivity contribution in [2.75, 3.05) is 13.3 Å². The Morgan fingerprint density at radius 2 is 2.57 bits per heavy atom. The minimum absolute atomic E-state index is 0.165. The second-order valence-electron chi connectivity index (χ2n) is 0.915. The summed E-state index contributed by atoms with van der Waals surface area (Å²) in [6, 6.07) is 0. The van der Waals surface area contributed by atoms with Crippen molar-refractivity contribution in [2.45, 2.75) is 0 Å². The second kappa shape index (κ2) is 5.55. The highest BCUT2D eigenvalue weighted by Gasteiger charge is 1.66. The van der Waals surface area contributed by atoms with Gasteiger partial charge in [-0.2, -0.15) is 0 Å². The van der Waals surface area contributed by atoms with Crippen molar-refractivity contribution >= 4 is 6.21 Å². The first kappa shape index (κ1) is 6.55. The molecule has 0 aliphatic rings. The number of aliphatic hydroxyl groups excluding tert-OH is 1. The van der Waals surface area contributed by atoms with Gasteiger partial charge in [0.1, 0.15) is 6.73 Å². The molecule has 0 aromatic heterocycles. The Morgan fingerprint density at radius 1 is 1.86 bits per heavy atom. The summed E-state index contributed by atoms with van der Waals surface area (Å²) in [5.41, 5.74) is 2.34. The minimum Gasteiger partial charge on any atom is -0.375 e. The van der Waals surface area contributed by atoms with Crippen LogP contribution in [0.2, 0.25) is 0 Å². The average Bonchev–Trinajstić information content (AvgIpc) is 1.69. The fourth-order valence-electron chi connectivity index (χ4n) is 0.175. The van der Waals surface area contributed by atoms with E-state index in [4.69, 9.17) is 10.9 Å². The van der Waals surface area contributed by atoms with Crippen LogP contribution in [0.3, 0.4) is 0 Å². The molecule has 0 fully saturated rings. The zero-order valence-corrected chi connectivity index (χ0v) is 3.96. The predicted molar refractivity (Wildman–Crippen MR) is 27.8 cm³/mol. The van der Waals surface area contributed by atoms with Gasteiger partial charge >= 0.3 is 0 Å². The van der Waals surface area contributed by atoms with Gasteiger partial charge in [-0.05, 0) is 0 Å². The monoisotopic (exact) mass is 103 g/mol. The molecule has 0 saturated carbocycles. The van der Waals surface area contributed by atoms with Gasteiger partial charge in [-0.3, -0.25) is 16.3 Å². The van der Waals surface area contributed by atoms with E-state index < -0.39 is 0 Å². The molecule has 0 aliphatic heterocycles. The lowest BCUT2D eigenvalue weighted by molar-refractivity contribution is 0.310. The van der Waals surface area contributed by atoms with Crippen molar-refractivity contribution in [3.63, 3.8) is 0 Å². The van der Waals surface area contributed by atoms with E-state index in [0.29, 0.717) is 6.54 Å². The van der Waals surface area contributed by atoms with Crippen molar-refractivity contribution in [3.05, 3.63) is 0 Å². The van der Waals surface area contributed by atoms with Crippen molar-refractivity contribution < 1.29 is 5.11 Å². The fourth-order valence-corrected chi connectivity index (χ4v) is 0.175. The third kappa shape index (κ3) is 5.55. The van der Waals surface area contributed by atoms with Gasteiger partial charge in [-0.15, -0.1) is 0 Å². The Balaban J connectivity index is 2.78. The fraction of sp³-hybridized carbons (Fsp3) is 0.667. The Kier molecular flexibility index (Phi) is 5.19. The van der Waals surface area contributed by atoms with E-state index in [1.54, 1.807) is 0 Å². The summed E-state index contributed by atoms with van der Waals surface area (Å²) in [5.74, 6) is 4.85. The highest BCUT2D eigenvalue weighted by atomic mass is 16.3. The summed E-state index contributed by atoms with van der Waals surface area (Å²) in [5, 5.41) is 8.03. The molecule has 7 heavy (non-hydrogen) atoms. The highest BCUT2D eigenvalue weighted by Crippen LogP contribution is 1.54. The Labute approximate surface area is 42.0 Å². The molecule has 0 aliphatic carbocycles. The van der Waals surface area contributed by atoms with Gasteiger partial charge in [-0.25, -0.2) is 0 Å². The molecular formula is C3H9N3O. The van der Waals surface area contributed by atoms with Crippen LogP contribution < -0.4 is 11.3 Å². The van der Waals surface area contributed by atoms with Crippen LogP contribution >= 0.6 is 0 Å². The molecule has 0 spiro atoms. The molecule has 0 radical (unpaired) electrons. The highest BCUT2D eigenvalue weighted by molar-refractivity contribution is 5.59. The lowest BCUT2D eigenvalue weighted by Crippen LogP contribution is -2.23. The van der Waals surface area contributed by atoms with E-state index in [1.807, 2.05) is 0 Å². The Bertz CT molecular complexity index is 54.1. The Hall–Kier alpha value is -0.450. The summed E-state index contributed by atoms with van der Waals surface area (Å²) < 4.78 is 0. The van der Waals surface area contributed by atoms with Crippen LogP contribution in [0.25, 0.3) is 0 Å². The number of rotatable bonds is 3. The SMILES string of the molecule is NNC/C=N/CO. The molecule has 0 aromatic carbocycles. The third-order valence-electron chi connectivity index (χ3n) is 0.420. The van der Waals surface area contributed by atoms with Crippen molar-refractivity contribution in [1.29, 1.82) is 0 Å². The van der Waals surface area contributed by atoms with Crippen LogP contribution in [-0.2, 0) is 0 Å². The standard InChI is InChI=1S/C3H9N3O/c4-6-2-1-5-3-7/h1,6-7H,2-4H2/b5-1+. The van der Waals surface area contributed by atoms with E-state index in [1.165, 1.54) is 6.21 Å². The van der Waals surface area contributed by atoms with Crippen LogP contribution in [0.5, 0.6) is 0 Å². The van der Waals surface area contributed by atoms with Crippen LogP contribution in [0, 0.1) is 0 Å². The maximum Gasteiger partial charge on any atom is 0.133 e. The first-order chi connectivity index (χ1) is 3.41. The first-order valence-corrected chi connectivity index (χ1v) is 1.94. The molecule has 0 heterocycles. The van der Waals surface area contributed by atoms with Crippen molar-refractivity contribution in [3.8, 4) is 0 Å². The number of aliphatic imine (C=N–C) groups is 1.